The molecule has 2 rings (SSSR count). The topological polar surface area (TPSA) is 132 Å². The molecule has 0 aromatic carbocycles. The highest BCUT2D eigenvalue weighted by molar-refractivity contribution is 7.91. The van der Waals surface area contributed by atoms with E-state index in [-0.39, 0.29) is 29.2 Å². The molecule has 0 amide bonds. The maximum absolute atomic E-state index is 11.4. The lowest BCUT2D eigenvalue weighted by Crippen LogP contribution is -2.33. The van der Waals surface area contributed by atoms with Crippen LogP contribution < -0.4 is 10.6 Å². The highest BCUT2D eigenvalue weighted by Crippen LogP contribution is 2.32. The number of nitrogens with zero attached hydrogens (tertiary/aromatic N) is 4. The van der Waals surface area contributed by atoms with E-state index in [1.807, 2.05) is 0 Å². The summed E-state index contributed by atoms with van der Waals surface area (Å²) in [6.45, 7) is 0. The molecule has 1 saturated heterocycles. The molecule has 0 unspecified atom stereocenters. The quantitative estimate of drug-likeness (QED) is 0.586. The second-order valence-electron chi connectivity index (χ2n) is 4.36. The SMILES string of the molecule is CN(c1ncnc(N)c1[N+](=O)[O-])[C@@H]1CCS(=O)(=O)C1. The monoisotopic (exact) mass is 287 g/mol. The Balaban J connectivity index is 2.37. The van der Waals surface area contributed by atoms with Crippen LogP contribution in [0.1, 0.15) is 6.42 Å². The minimum absolute atomic E-state index is 0.0371. The first kappa shape index (κ1) is 13.5. The average Bonchev–Trinajstić information content (AvgIpc) is 2.68. The zero-order valence-electron chi connectivity index (χ0n) is 10.2. The van der Waals surface area contributed by atoms with E-state index in [9.17, 15) is 18.5 Å². The molecule has 2 N–H and O–H groups in total. The third kappa shape index (κ3) is 2.57. The van der Waals surface area contributed by atoms with Crippen molar-refractivity contribution >= 4 is 27.2 Å². The molecule has 1 fully saturated rings. The van der Waals surface area contributed by atoms with Crippen LogP contribution in [0.5, 0.6) is 0 Å². The summed E-state index contributed by atoms with van der Waals surface area (Å²) >= 11 is 0. The van der Waals surface area contributed by atoms with Gasteiger partial charge in [-0.15, -0.1) is 0 Å². The van der Waals surface area contributed by atoms with E-state index < -0.39 is 20.4 Å². The van der Waals surface area contributed by atoms with Gasteiger partial charge in [0.15, 0.2) is 9.84 Å². The van der Waals surface area contributed by atoms with E-state index in [4.69, 9.17) is 5.73 Å². The molecule has 10 heteroatoms. The van der Waals surface area contributed by atoms with Gasteiger partial charge in [-0.2, -0.15) is 0 Å². The summed E-state index contributed by atoms with van der Waals surface area (Å²) in [5.41, 5.74) is 5.08. The van der Waals surface area contributed by atoms with Crippen molar-refractivity contribution in [2.75, 3.05) is 29.2 Å². The average molecular weight is 287 g/mol. The lowest BCUT2D eigenvalue weighted by atomic mass is 10.2. The van der Waals surface area contributed by atoms with Crippen molar-refractivity contribution in [1.82, 2.24) is 9.97 Å². The predicted molar refractivity (Wildman–Crippen MR) is 68.6 cm³/mol. The van der Waals surface area contributed by atoms with Crippen LogP contribution in [0.2, 0.25) is 0 Å². The summed E-state index contributed by atoms with van der Waals surface area (Å²) in [7, 11) is -1.51. The summed E-state index contributed by atoms with van der Waals surface area (Å²) in [6.07, 6.45) is 1.54. The zero-order chi connectivity index (χ0) is 14.2. The van der Waals surface area contributed by atoms with Crippen molar-refractivity contribution in [2.24, 2.45) is 0 Å². The van der Waals surface area contributed by atoms with Crippen LogP contribution in [0.3, 0.4) is 0 Å². The normalized spacial score (nSPS) is 21.2. The van der Waals surface area contributed by atoms with Crippen LogP contribution in [0.25, 0.3) is 0 Å². The van der Waals surface area contributed by atoms with Crippen LogP contribution in [0, 0.1) is 10.1 Å². The second-order valence-corrected chi connectivity index (χ2v) is 6.58. The molecule has 1 atom stereocenters. The Morgan fingerprint density at radius 1 is 1.53 bits per heavy atom. The predicted octanol–water partition coefficient (Wildman–Crippen LogP) is -0.410. The maximum atomic E-state index is 11.4. The molecular formula is C9H13N5O4S. The van der Waals surface area contributed by atoms with Crippen molar-refractivity contribution in [2.45, 2.75) is 12.5 Å². The molecule has 9 nitrogen and oxygen atoms in total. The molecule has 0 saturated carbocycles. The van der Waals surface area contributed by atoms with Gasteiger partial charge in [0.25, 0.3) is 0 Å². The Labute approximate surface area is 109 Å². The molecule has 0 spiro atoms. The van der Waals surface area contributed by atoms with Gasteiger partial charge < -0.3 is 10.6 Å². The third-order valence-electron chi connectivity index (χ3n) is 3.10. The first-order chi connectivity index (χ1) is 8.82. The Morgan fingerprint density at radius 3 is 2.74 bits per heavy atom. The number of nitrogens with two attached hydrogens (primary N) is 1. The first-order valence-corrected chi connectivity index (χ1v) is 7.32. The van der Waals surface area contributed by atoms with Gasteiger partial charge in [0, 0.05) is 13.1 Å². The number of sulfone groups is 1. The van der Waals surface area contributed by atoms with Crippen LogP contribution in [-0.4, -0.2) is 47.9 Å². The van der Waals surface area contributed by atoms with Gasteiger partial charge >= 0.3 is 5.69 Å². The third-order valence-corrected chi connectivity index (χ3v) is 4.85. The van der Waals surface area contributed by atoms with Gasteiger partial charge in [0.05, 0.1) is 16.4 Å². The molecular weight excluding hydrogens is 274 g/mol. The standard InChI is InChI=1S/C9H13N5O4S/c1-13(6-2-3-19(17,18)4-6)9-7(14(15)16)8(10)11-5-12-9/h5-6H,2-4H2,1H3,(H2,10,11,12)/t6-/m1/s1. The molecule has 104 valence electrons. The van der Waals surface area contributed by atoms with Gasteiger partial charge in [0.2, 0.25) is 11.6 Å². The molecule has 1 aromatic rings. The van der Waals surface area contributed by atoms with E-state index in [0.29, 0.717) is 6.42 Å². The van der Waals surface area contributed by atoms with Gasteiger partial charge in [-0.3, -0.25) is 10.1 Å². The fraction of sp³-hybridized carbons (Fsp3) is 0.556. The smallest absolute Gasteiger partial charge is 0.353 e. The second kappa shape index (κ2) is 4.61. The highest BCUT2D eigenvalue weighted by Gasteiger charge is 2.34. The summed E-state index contributed by atoms with van der Waals surface area (Å²) in [5.74, 6) is -0.150. The Bertz CT molecular complexity index is 617. The highest BCUT2D eigenvalue weighted by atomic mass is 32.2. The van der Waals surface area contributed by atoms with Crippen molar-refractivity contribution in [3.05, 3.63) is 16.4 Å². The number of hydrogen-bond donors (Lipinski definition) is 1. The van der Waals surface area contributed by atoms with Crippen LogP contribution >= 0.6 is 0 Å². The molecule has 1 aromatic heterocycles. The van der Waals surface area contributed by atoms with Gasteiger partial charge in [-0.25, -0.2) is 18.4 Å². The van der Waals surface area contributed by atoms with Crippen molar-refractivity contribution in [1.29, 1.82) is 0 Å². The number of rotatable bonds is 3. The summed E-state index contributed by atoms with van der Waals surface area (Å²) < 4.78 is 22.9. The molecule has 0 radical (unpaired) electrons. The molecule has 1 aliphatic rings. The lowest BCUT2D eigenvalue weighted by molar-refractivity contribution is -0.383. The summed E-state index contributed by atoms with van der Waals surface area (Å²) in [5, 5.41) is 11.0. The number of aromatic nitrogens is 2. The minimum atomic E-state index is -3.08. The van der Waals surface area contributed by atoms with Gasteiger partial charge in [-0.05, 0) is 6.42 Å². The van der Waals surface area contributed by atoms with Crippen LogP contribution in [-0.2, 0) is 9.84 Å². The zero-order valence-corrected chi connectivity index (χ0v) is 11.0. The lowest BCUT2D eigenvalue weighted by Gasteiger charge is -2.23. The Kier molecular flexibility index (Phi) is 3.27. The number of anilines is 2. The maximum Gasteiger partial charge on any atom is 0.353 e. The van der Waals surface area contributed by atoms with E-state index in [1.54, 1.807) is 7.05 Å². The number of hydrogen-bond acceptors (Lipinski definition) is 8. The summed E-state index contributed by atoms with van der Waals surface area (Å²) in [6, 6.07) is -0.335. The Morgan fingerprint density at radius 2 is 2.21 bits per heavy atom. The van der Waals surface area contributed by atoms with Crippen LogP contribution in [0.15, 0.2) is 6.33 Å². The van der Waals surface area contributed by atoms with Gasteiger partial charge in [-0.1, -0.05) is 0 Å². The first-order valence-electron chi connectivity index (χ1n) is 5.50. The molecule has 0 bridgehead atoms. The van der Waals surface area contributed by atoms with Crippen molar-refractivity contribution in [3.8, 4) is 0 Å². The Hall–Kier alpha value is -1.97. The van der Waals surface area contributed by atoms with Crippen LogP contribution in [0.4, 0.5) is 17.3 Å². The summed E-state index contributed by atoms with van der Waals surface area (Å²) in [4.78, 5) is 19.2. The fourth-order valence-corrected chi connectivity index (χ4v) is 3.84. The fourth-order valence-electron chi connectivity index (χ4n) is 2.07. The molecule has 19 heavy (non-hydrogen) atoms. The molecule has 2 heterocycles. The number of nitrogen functional groups attached to an aromatic ring is 1. The van der Waals surface area contributed by atoms with E-state index >= 15 is 0 Å². The van der Waals surface area contributed by atoms with Gasteiger partial charge in [0.1, 0.15) is 6.33 Å². The molecule has 0 aliphatic carbocycles. The van der Waals surface area contributed by atoms with E-state index in [1.165, 1.54) is 4.90 Å². The van der Waals surface area contributed by atoms with E-state index in [2.05, 4.69) is 9.97 Å². The minimum Gasteiger partial charge on any atom is -0.378 e. The van der Waals surface area contributed by atoms with Crippen molar-refractivity contribution < 1.29 is 13.3 Å². The largest absolute Gasteiger partial charge is 0.378 e. The molecule has 1 aliphatic heterocycles. The number of nitro groups is 1. The van der Waals surface area contributed by atoms with Crippen molar-refractivity contribution in [3.63, 3.8) is 0 Å². The van der Waals surface area contributed by atoms with E-state index in [0.717, 1.165) is 6.33 Å².